The van der Waals surface area contributed by atoms with Crippen LogP contribution in [0.5, 0.6) is 0 Å². The zero-order valence-corrected chi connectivity index (χ0v) is 15.0. The smallest absolute Gasteiger partial charge is 0.248 e. The molecule has 2 rings (SSSR count). The fourth-order valence-electron chi connectivity index (χ4n) is 2.08. The molecule has 0 saturated heterocycles. The Bertz CT molecular complexity index is 904. The molecule has 0 aliphatic heterocycles. The lowest BCUT2D eigenvalue weighted by molar-refractivity contribution is -0.111. The van der Waals surface area contributed by atoms with E-state index in [9.17, 15) is 17.6 Å². The van der Waals surface area contributed by atoms with Gasteiger partial charge in [-0.25, -0.2) is 17.1 Å². The maximum atomic E-state index is 12.8. The van der Waals surface area contributed by atoms with E-state index in [1.54, 1.807) is 37.3 Å². The van der Waals surface area contributed by atoms with Gasteiger partial charge >= 0.3 is 0 Å². The van der Waals surface area contributed by atoms with Crippen molar-refractivity contribution in [1.82, 2.24) is 4.31 Å². The van der Waals surface area contributed by atoms with E-state index in [-0.39, 0.29) is 10.7 Å². The minimum Gasteiger partial charge on any atom is -0.322 e. The first-order chi connectivity index (χ1) is 11.7. The molecule has 5 nitrogen and oxygen atoms in total. The molecule has 0 fully saturated rings. The average molecular weight is 362 g/mol. The van der Waals surface area contributed by atoms with Gasteiger partial charge in [0.15, 0.2) is 0 Å². The number of carbonyl (C=O) groups excluding carboxylic acids is 1. The fourth-order valence-corrected chi connectivity index (χ4v) is 3.23. The maximum Gasteiger partial charge on any atom is 0.248 e. The molecule has 2 aromatic rings. The molecule has 0 aromatic heterocycles. The summed E-state index contributed by atoms with van der Waals surface area (Å²) in [6, 6.07) is 10.4. The molecule has 0 radical (unpaired) electrons. The van der Waals surface area contributed by atoms with Crippen molar-refractivity contribution < 1.29 is 17.6 Å². The number of carbonyl (C=O) groups is 1. The number of halogens is 1. The first kappa shape index (κ1) is 18.8. The highest BCUT2D eigenvalue weighted by atomic mass is 32.2. The van der Waals surface area contributed by atoms with Gasteiger partial charge in [-0.3, -0.25) is 4.79 Å². The van der Waals surface area contributed by atoms with Crippen LogP contribution in [0.2, 0.25) is 0 Å². The van der Waals surface area contributed by atoms with E-state index >= 15 is 0 Å². The summed E-state index contributed by atoms with van der Waals surface area (Å²) in [5, 5.41) is 2.62. The molecule has 132 valence electrons. The lowest BCUT2D eigenvalue weighted by atomic mass is 10.2. The van der Waals surface area contributed by atoms with Gasteiger partial charge in [0, 0.05) is 25.9 Å². The van der Waals surface area contributed by atoms with Crippen LogP contribution in [0.4, 0.5) is 10.1 Å². The van der Waals surface area contributed by atoms with Gasteiger partial charge in [-0.15, -0.1) is 0 Å². The third kappa shape index (κ3) is 4.74. The predicted octanol–water partition coefficient (Wildman–Crippen LogP) is 3.04. The fraction of sp³-hybridized carbons (Fsp3) is 0.167. The lowest BCUT2D eigenvalue weighted by Crippen LogP contribution is -2.23. The second-order valence-corrected chi connectivity index (χ2v) is 7.76. The monoisotopic (exact) mass is 362 g/mol. The number of hydrogen-bond acceptors (Lipinski definition) is 3. The summed E-state index contributed by atoms with van der Waals surface area (Å²) in [6.07, 6.45) is 2.84. The Kier molecular flexibility index (Phi) is 5.71. The number of benzene rings is 2. The second kappa shape index (κ2) is 7.58. The quantitative estimate of drug-likeness (QED) is 0.832. The Hall–Kier alpha value is -2.51. The number of aryl methyl sites for hydroxylation is 1. The van der Waals surface area contributed by atoms with Crippen LogP contribution >= 0.6 is 0 Å². The molecule has 0 spiro atoms. The molecule has 0 aliphatic rings. The van der Waals surface area contributed by atoms with Gasteiger partial charge in [-0.1, -0.05) is 18.2 Å². The van der Waals surface area contributed by atoms with Crippen molar-refractivity contribution >= 4 is 27.7 Å². The van der Waals surface area contributed by atoms with E-state index in [4.69, 9.17) is 0 Å². The van der Waals surface area contributed by atoms with E-state index in [0.717, 1.165) is 4.31 Å². The number of hydrogen-bond donors (Lipinski definition) is 1. The highest BCUT2D eigenvalue weighted by molar-refractivity contribution is 7.89. The van der Waals surface area contributed by atoms with Crippen LogP contribution in [0, 0.1) is 12.7 Å². The van der Waals surface area contributed by atoms with Gasteiger partial charge < -0.3 is 5.32 Å². The van der Waals surface area contributed by atoms with Gasteiger partial charge in [0.05, 0.1) is 4.90 Å². The van der Waals surface area contributed by atoms with Crippen molar-refractivity contribution in [2.24, 2.45) is 0 Å². The molecule has 0 saturated carbocycles. The van der Waals surface area contributed by atoms with Crippen molar-refractivity contribution in [3.8, 4) is 0 Å². The molecule has 25 heavy (non-hydrogen) atoms. The molecule has 1 N–H and O–H groups in total. The molecule has 0 atom stereocenters. The zero-order valence-electron chi connectivity index (χ0n) is 14.2. The molecular weight excluding hydrogens is 343 g/mol. The maximum absolute atomic E-state index is 12.8. The van der Waals surface area contributed by atoms with E-state index < -0.39 is 15.9 Å². The number of amides is 1. The molecule has 0 bridgehead atoms. The van der Waals surface area contributed by atoms with Crippen LogP contribution in [0.3, 0.4) is 0 Å². The van der Waals surface area contributed by atoms with Gasteiger partial charge in [-0.2, -0.15) is 0 Å². The summed E-state index contributed by atoms with van der Waals surface area (Å²) in [4.78, 5) is 12.1. The molecule has 1 amide bonds. The third-order valence-corrected chi connectivity index (χ3v) is 5.47. The van der Waals surface area contributed by atoms with Crippen LogP contribution < -0.4 is 5.32 Å². The Morgan fingerprint density at radius 3 is 2.36 bits per heavy atom. The summed E-state index contributed by atoms with van der Waals surface area (Å²) < 4.78 is 38.6. The van der Waals surface area contributed by atoms with E-state index in [1.807, 2.05) is 0 Å². The summed E-state index contributed by atoms with van der Waals surface area (Å²) in [5.41, 5.74) is 1.64. The van der Waals surface area contributed by atoms with E-state index in [0.29, 0.717) is 16.8 Å². The zero-order chi connectivity index (χ0) is 18.6. The number of sulfonamides is 1. The third-order valence-electron chi connectivity index (χ3n) is 3.51. The van der Waals surface area contributed by atoms with Crippen LogP contribution in [0.1, 0.15) is 11.1 Å². The summed E-state index contributed by atoms with van der Waals surface area (Å²) in [6.45, 7) is 1.69. The number of rotatable bonds is 5. The SMILES string of the molecule is Cc1ccc(NC(=O)/C=C/c2ccc(F)cc2)cc1S(=O)(=O)N(C)C. The Morgan fingerprint density at radius 1 is 1.12 bits per heavy atom. The van der Waals surface area contributed by atoms with Gasteiger partial charge in [0.2, 0.25) is 15.9 Å². The normalized spacial score (nSPS) is 11.9. The van der Waals surface area contributed by atoms with Crippen LogP contribution in [-0.4, -0.2) is 32.7 Å². The summed E-state index contributed by atoms with van der Waals surface area (Å²) in [7, 11) is -0.697. The van der Waals surface area contributed by atoms with Crippen molar-refractivity contribution in [3.05, 3.63) is 65.5 Å². The van der Waals surface area contributed by atoms with Crippen LogP contribution in [0.15, 0.2) is 53.4 Å². The second-order valence-electron chi connectivity index (χ2n) is 5.64. The molecule has 0 aliphatic carbocycles. The Labute approximate surface area is 146 Å². The van der Waals surface area contributed by atoms with Crippen molar-refractivity contribution in [2.75, 3.05) is 19.4 Å². The van der Waals surface area contributed by atoms with Crippen LogP contribution in [0.25, 0.3) is 6.08 Å². The van der Waals surface area contributed by atoms with E-state index in [2.05, 4.69) is 5.32 Å². The lowest BCUT2D eigenvalue weighted by Gasteiger charge is -2.14. The number of anilines is 1. The number of nitrogens with zero attached hydrogens (tertiary/aromatic N) is 1. The topological polar surface area (TPSA) is 66.5 Å². The highest BCUT2D eigenvalue weighted by Crippen LogP contribution is 2.22. The van der Waals surface area contributed by atoms with Crippen molar-refractivity contribution in [3.63, 3.8) is 0 Å². The van der Waals surface area contributed by atoms with Gasteiger partial charge in [-0.05, 0) is 48.4 Å². The van der Waals surface area contributed by atoms with E-state index in [1.165, 1.54) is 38.4 Å². The molecule has 7 heteroatoms. The molecular formula is C18H19FN2O3S. The average Bonchev–Trinajstić information content (AvgIpc) is 2.56. The first-order valence-electron chi connectivity index (χ1n) is 7.48. The Balaban J connectivity index is 2.17. The van der Waals surface area contributed by atoms with Crippen molar-refractivity contribution in [1.29, 1.82) is 0 Å². The molecule has 0 heterocycles. The number of nitrogens with one attached hydrogen (secondary N) is 1. The first-order valence-corrected chi connectivity index (χ1v) is 8.92. The standard InChI is InChI=1S/C18H19FN2O3S/c1-13-4-10-16(12-17(13)25(23,24)21(2)3)20-18(22)11-7-14-5-8-15(19)9-6-14/h4-12H,1-3H3,(H,20,22)/b11-7+. The highest BCUT2D eigenvalue weighted by Gasteiger charge is 2.20. The van der Waals surface area contributed by atoms with Gasteiger partial charge in [0.1, 0.15) is 5.82 Å². The summed E-state index contributed by atoms with van der Waals surface area (Å²) >= 11 is 0. The van der Waals surface area contributed by atoms with Gasteiger partial charge in [0.25, 0.3) is 0 Å². The minimum absolute atomic E-state index is 0.137. The van der Waals surface area contributed by atoms with Crippen LogP contribution in [-0.2, 0) is 14.8 Å². The molecule has 2 aromatic carbocycles. The van der Waals surface area contributed by atoms with Crippen molar-refractivity contribution in [2.45, 2.75) is 11.8 Å². The Morgan fingerprint density at radius 2 is 1.76 bits per heavy atom. The summed E-state index contributed by atoms with van der Waals surface area (Å²) in [5.74, 6) is -0.766. The molecule has 0 unspecified atom stereocenters. The predicted molar refractivity (Wildman–Crippen MR) is 96.1 cm³/mol. The minimum atomic E-state index is -3.60. The largest absolute Gasteiger partial charge is 0.322 e.